The zero-order valence-electron chi connectivity index (χ0n) is 11.8. The molecule has 7 heteroatoms. The Bertz CT molecular complexity index is 582. The maximum absolute atomic E-state index is 11.8. The number of hydrogen-bond acceptors (Lipinski definition) is 4. The number of carbonyl (C=O) groups excluding carboxylic acids is 1. The third kappa shape index (κ3) is 4.82. The highest BCUT2D eigenvalue weighted by Gasteiger charge is 2.14. The highest BCUT2D eigenvalue weighted by molar-refractivity contribution is 7.89. The first-order chi connectivity index (χ1) is 9.24. The minimum atomic E-state index is -3.82. The average molecular weight is 300 g/mol. The molecule has 3 N–H and O–H groups in total. The molecule has 0 unspecified atom stereocenters. The van der Waals surface area contributed by atoms with E-state index < -0.39 is 10.0 Å². The van der Waals surface area contributed by atoms with Crippen LogP contribution in [-0.4, -0.2) is 21.4 Å². The fraction of sp³-hybridized carbons (Fsp3) is 0.462. The molecule has 0 aliphatic carbocycles. The highest BCUT2D eigenvalue weighted by Crippen LogP contribution is 2.27. The lowest BCUT2D eigenvalue weighted by Gasteiger charge is -2.12. The van der Waals surface area contributed by atoms with Crippen molar-refractivity contribution < 1.29 is 17.9 Å². The zero-order valence-corrected chi connectivity index (χ0v) is 12.7. The molecule has 0 bridgehead atoms. The van der Waals surface area contributed by atoms with E-state index in [4.69, 9.17) is 9.88 Å². The normalized spacial score (nSPS) is 11.4. The van der Waals surface area contributed by atoms with E-state index in [1.54, 1.807) is 0 Å². The van der Waals surface area contributed by atoms with Crippen molar-refractivity contribution in [3.63, 3.8) is 0 Å². The summed E-state index contributed by atoms with van der Waals surface area (Å²) in [7, 11) is -2.38. The summed E-state index contributed by atoms with van der Waals surface area (Å²) in [6.07, 6.45) is 1.11. The van der Waals surface area contributed by atoms with Crippen molar-refractivity contribution in [2.45, 2.75) is 31.6 Å². The molecule has 0 heterocycles. The smallest absolute Gasteiger partial charge is 0.238 e. The van der Waals surface area contributed by atoms with Crippen molar-refractivity contribution in [1.29, 1.82) is 0 Å². The molecule has 1 amide bonds. The predicted molar refractivity (Wildman–Crippen MR) is 77.1 cm³/mol. The zero-order chi connectivity index (χ0) is 15.3. The molecule has 1 rings (SSSR count). The largest absolute Gasteiger partial charge is 0.495 e. The van der Waals surface area contributed by atoms with E-state index in [2.05, 4.69) is 5.32 Å². The van der Waals surface area contributed by atoms with Crippen LogP contribution in [0.15, 0.2) is 23.1 Å². The van der Waals surface area contributed by atoms with E-state index >= 15 is 0 Å². The van der Waals surface area contributed by atoms with Gasteiger partial charge in [-0.2, -0.15) is 0 Å². The number of amides is 1. The maximum Gasteiger partial charge on any atom is 0.238 e. The van der Waals surface area contributed by atoms with E-state index in [9.17, 15) is 13.2 Å². The molecule has 0 aromatic heterocycles. The van der Waals surface area contributed by atoms with Gasteiger partial charge >= 0.3 is 0 Å². The summed E-state index contributed by atoms with van der Waals surface area (Å²) < 4.78 is 27.7. The summed E-state index contributed by atoms with van der Waals surface area (Å²) in [6, 6.07) is 4.08. The Morgan fingerprint density at radius 1 is 1.40 bits per heavy atom. The van der Waals surface area contributed by atoms with Gasteiger partial charge in [0.25, 0.3) is 0 Å². The van der Waals surface area contributed by atoms with Gasteiger partial charge < -0.3 is 10.1 Å². The molecule has 112 valence electrons. The van der Waals surface area contributed by atoms with Crippen molar-refractivity contribution in [3.05, 3.63) is 18.2 Å². The summed E-state index contributed by atoms with van der Waals surface area (Å²) in [5.41, 5.74) is 0.299. The van der Waals surface area contributed by atoms with Gasteiger partial charge in [-0.25, -0.2) is 13.6 Å². The van der Waals surface area contributed by atoms with E-state index in [1.165, 1.54) is 25.3 Å². The molecule has 6 nitrogen and oxygen atoms in total. The number of sulfonamides is 1. The van der Waals surface area contributed by atoms with Gasteiger partial charge in [0, 0.05) is 6.42 Å². The van der Waals surface area contributed by atoms with Gasteiger partial charge in [-0.05, 0) is 30.5 Å². The number of primary sulfonamides is 1. The summed E-state index contributed by atoms with van der Waals surface area (Å²) in [5, 5.41) is 7.71. The van der Waals surface area contributed by atoms with Gasteiger partial charge in [-0.3, -0.25) is 4.79 Å². The van der Waals surface area contributed by atoms with E-state index in [-0.39, 0.29) is 10.8 Å². The second-order valence-corrected chi connectivity index (χ2v) is 6.45. The molecular weight excluding hydrogens is 280 g/mol. The lowest BCUT2D eigenvalue weighted by Crippen LogP contribution is -2.15. The maximum atomic E-state index is 11.8. The minimum Gasteiger partial charge on any atom is -0.495 e. The number of ether oxygens (including phenoxy) is 1. The van der Waals surface area contributed by atoms with Crippen LogP contribution in [0.1, 0.15) is 26.7 Å². The highest BCUT2D eigenvalue weighted by atomic mass is 32.2. The number of methoxy groups -OCH3 is 1. The summed E-state index contributed by atoms with van der Waals surface area (Å²) in [4.78, 5) is 11.7. The monoisotopic (exact) mass is 300 g/mol. The molecule has 0 saturated heterocycles. The first-order valence-corrected chi connectivity index (χ1v) is 7.79. The lowest BCUT2D eigenvalue weighted by atomic mass is 10.1. The van der Waals surface area contributed by atoms with E-state index in [1.807, 2.05) is 13.8 Å². The second kappa shape index (κ2) is 6.71. The van der Waals surface area contributed by atoms with Crippen molar-refractivity contribution in [3.8, 4) is 5.75 Å². The molecule has 0 atom stereocenters. The van der Waals surface area contributed by atoms with Crippen LogP contribution in [0.5, 0.6) is 5.75 Å². The molecule has 1 aromatic carbocycles. The Morgan fingerprint density at radius 3 is 2.55 bits per heavy atom. The van der Waals surface area contributed by atoms with Crippen LogP contribution in [-0.2, 0) is 14.8 Å². The first kappa shape index (κ1) is 16.5. The Morgan fingerprint density at radius 2 is 2.05 bits per heavy atom. The molecule has 0 radical (unpaired) electrons. The van der Waals surface area contributed by atoms with Crippen molar-refractivity contribution in [1.82, 2.24) is 0 Å². The second-order valence-electron chi connectivity index (χ2n) is 4.89. The number of carbonyl (C=O) groups is 1. The Hall–Kier alpha value is -1.60. The van der Waals surface area contributed by atoms with Crippen molar-refractivity contribution >= 4 is 21.6 Å². The molecule has 0 fully saturated rings. The summed E-state index contributed by atoms with van der Waals surface area (Å²) >= 11 is 0. The van der Waals surface area contributed by atoms with Crippen LogP contribution in [0.2, 0.25) is 0 Å². The van der Waals surface area contributed by atoms with Gasteiger partial charge in [0.05, 0.1) is 17.7 Å². The van der Waals surface area contributed by atoms with Crippen LogP contribution in [0.25, 0.3) is 0 Å². The average Bonchev–Trinajstić information content (AvgIpc) is 2.35. The number of anilines is 1. The predicted octanol–water partition coefficient (Wildman–Crippen LogP) is 1.72. The quantitative estimate of drug-likeness (QED) is 0.835. The Labute approximate surface area is 119 Å². The van der Waals surface area contributed by atoms with Gasteiger partial charge in [0.2, 0.25) is 15.9 Å². The standard InChI is InChI=1S/C13H20N2O4S/c1-9(2)4-7-13(16)15-11-8-10(20(14,17)18)5-6-12(11)19-3/h5-6,8-9H,4,7H2,1-3H3,(H,15,16)(H2,14,17,18). The Balaban J connectivity index is 2.95. The van der Waals surface area contributed by atoms with Crippen LogP contribution in [0.4, 0.5) is 5.69 Å². The third-order valence-corrected chi connectivity index (χ3v) is 3.63. The SMILES string of the molecule is COc1ccc(S(N)(=O)=O)cc1NC(=O)CCC(C)C. The van der Waals surface area contributed by atoms with Crippen molar-refractivity contribution in [2.75, 3.05) is 12.4 Å². The molecular formula is C13H20N2O4S. The van der Waals surface area contributed by atoms with Crippen LogP contribution in [0, 0.1) is 5.92 Å². The van der Waals surface area contributed by atoms with Crippen molar-refractivity contribution in [2.24, 2.45) is 11.1 Å². The number of hydrogen-bond donors (Lipinski definition) is 2. The van der Waals surface area contributed by atoms with Gasteiger partial charge in [0.1, 0.15) is 5.75 Å². The van der Waals surface area contributed by atoms with Crippen LogP contribution >= 0.6 is 0 Å². The third-order valence-electron chi connectivity index (χ3n) is 2.72. The fourth-order valence-electron chi connectivity index (χ4n) is 1.59. The topological polar surface area (TPSA) is 98.5 Å². The summed E-state index contributed by atoms with van der Waals surface area (Å²) in [5.74, 6) is 0.609. The lowest BCUT2D eigenvalue weighted by molar-refractivity contribution is -0.116. The number of benzene rings is 1. The van der Waals surface area contributed by atoms with Gasteiger partial charge in [0.15, 0.2) is 0 Å². The fourth-order valence-corrected chi connectivity index (χ4v) is 2.13. The van der Waals surface area contributed by atoms with Gasteiger partial charge in [-0.1, -0.05) is 13.8 Å². The van der Waals surface area contributed by atoms with Gasteiger partial charge in [-0.15, -0.1) is 0 Å². The minimum absolute atomic E-state index is 0.0718. The Kier molecular flexibility index (Phi) is 5.52. The molecule has 0 aliphatic heterocycles. The van der Waals surface area contributed by atoms with E-state index in [0.29, 0.717) is 23.8 Å². The number of rotatable bonds is 6. The summed E-state index contributed by atoms with van der Waals surface area (Å²) in [6.45, 7) is 4.05. The van der Waals surface area contributed by atoms with E-state index in [0.717, 1.165) is 6.42 Å². The molecule has 0 saturated carbocycles. The first-order valence-electron chi connectivity index (χ1n) is 6.24. The molecule has 20 heavy (non-hydrogen) atoms. The number of nitrogens with one attached hydrogen (secondary N) is 1. The molecule has 1 aromatic rings. The molecule has 0 aliphatic rings. The van der Waals surface area contributed by atoms with Crippen LogP contribution < -0.4 is 15.2 Å². The van der Waals surface area contributed by atoms with Crippen LogP contribution in [0.3, 0.4) is 0 Å². The molecule has 0 spiro atoms. The number of nitrogens with two attached hydrogens (primary N) is 1.